The third-order valence-corrected chi connectivity index (χ3v) is 5.98. The molecule has 0 saturated heterocycles. The molecule has 0 aliphatic carbocycles. The quantitative estimate of drug-likeness (QED) is 0.403. The second-order valence-corrected chi connectivity index (χ2v) is 8.77. The Kier molecular flexibility index (Phi) is 5.63. The first-order valence-corrected chi connectivity index (χ1v) is 9.99. The predicted molar refractivity (Wildman–Crippen MR) is 86.4 cm³/mol. The molecule has 2 aromatic rings. The van der Waals surface area contributed by atoms with Gasteiger partial charge in [-0.25, -0.2) is 0 Å². The summed E-state index contributed by atoms with van der Waals surface area (Å²) in [4.78, 5) is 11.1. The van der Waals surface area contributed by atoms with Gasteiger partial charge in [-0.05, 0) is 0 Å². The number of nitrogens with one attached hydrogen (secondary N) is 2. The molecule has 23 heavy (non-hydrogen) atoms. The van der Waals surface area contributed by atoms with Crippen LogP contribution in [-0.4, -0.2) is 25.3 Å². The van der Waals surface area contributed by atoms with Crippen molar-refractivity contribution in [1.29, 1.82) is 0 Å². The molecule has 0 aromatic heterocycles. The fraction of sp³-hybridized carbons (Fsp3) is 0.133. The van der Waals surface area contributed by atoms with E-state index in [0.29, 0.717) is 11.4 Å². The molecule has 2 aromatic carbocycles. The van der Waals surface area contributed by atoms with E-state index in [1.54, 1.807) is 24.3 Å². The monoisotopic (exact) mass is 380 g/mol. The zero-order chi connectivity index (χ0) is 16.9. The van der Waals surface area contributed by atoms with Crippen molar-refractivity contribution >= 4 is 35.8 Å². The Morgan fingerprint density at radius 2 is 1.83 bits per heavy atom. The minimum absolute atomic E-state index is 0.150. The van der Waals surface area contributed by atoms with Gasteiger partial charge >= 0.3 is 136 Å². The fourth-order valence-electron chi connectivity index (χ4n) is 1.81. The normalized spacial score (nSPS) is 13.2. The average Bonchev–Trinajstić information content (AvgIpc) is 2.53. The van der Waals surface area contributed by atoms with Crippen LogP contribution in [0.15, 0.2) is 48.5 Å². The van der Waals surface area contributed by atoms with E-state index in [4.69, 9.17) is 9.08 Å². The van der Waals surface area contributed by atoms with Crippen LogP contribution >= 0.6 is 0 Å². The van der Waals surface area contributed by atoms with E-state index in [-0.39, 0.29) is 10.3 Å². The van der Waals surface area contributed by atoms with Gasteiger partial charge in [0.15, 0.2) is 0 Å². The van der Waals surface area contributed by atoms with E-state index in [1.807, 2.05) is 19.1 Å². The fourth-order valence-corrected chi connectivity index (χ4v) is 3.96. The molecule has 122 valence electrons. The van der Waals surface area contributed by atoms with Crippen molar-refractivity contribution in [3.63, 3.8) is 0 Å². The number of carbonyl (C=O) groups excluding carboxylic acids is 1. The standard InChI is InChI=1S/C15H17AsN2O5/c1-11-6-8-14(9-7-11)18-22-16(20,23-21)13-4-3-5-15(10-13)17-12(2)19/h3-10,18,21H,1-2H3,(H,17,19). The summed E-state index contributed by atoms with van der Waals surface area (Å²) < 4.78 is 22.1. The summed E-state index contributed by atoms with van der Waals surface area (Å²) in [6.07, 6.45) is 0. The van der Waals surface area contributed by atoms with Crippen molar-refractivity contribution in [2.75, 3.05) is 10.8 Å². The molecule has 0 aliphatic heterocycles. The van der Waals surface area contributed by atoms with Gasteiger partial charge in [-0.2, -0.15) is 0 Å². The van der Waals surface area contributed by atoms with Crippen molar-refractivity contribution in [2.24, 2.45) is 0 Å². The molecule has 0 spiro atoms. The van der Waals surface area contributed by atoms with Gasteiger partial charge in [-0.3, -0.25) is 0 Å². The number of hydrogen-bond acceptors (Lipinski definition) is 6. The zero-order valence-electron chi connectivity index (χ0n) is 12.6. The molecule has 0 bridgehead atoms. The van der Waals surface area contributed by atoms with Gasteiger partial charge in [-0.15, -0.1) is 0 Å². The van der Waals surface area contributed by atoms with Gasteiger partial charge in [0.05, 0.1) is 0 Å². The second kappa shape index (κ2) is 7.48. The molecule has 7 nitrogen and oxygen atoms in total. The Bertz CT molecular complexity index is 733. The van der Waals surface area contributed by atoms with E-state index in [2.05, 4.69) is 14.7 Å². The Labute approximate surface area is 136 Å². The van der Waals surface area contributed by atoms with E-state index in [1.165, 1.54) is 19.1 Å². The van der Waals surface area contributed by atoms with E-state index in [0.717, 1.165) is 5.56 Å². The molecule has 0 fully saturated rings. The SMILES string of the molecule is CC(=O)Nc1cccc([As](=O)(OO)ONc2ccc(C)cc2)c1. The molecular formula is C15H17AsN2O5. The van der Waals surface area contributed by atoms with Gasteiger partial charge < -0.3 is 0 Å². The zero-order valence-corrected chi connectivity index (χ0v) is 14.5. The molecule has 1 amide bonds. The van der Waals surface area contributed by atoms with Crippen molar-refractivity contribution in [2.45, 2.75) is 13.8 Å². The first-order valence-electron chi connectivity index (χ1n) is 6.75. The van der Waals surface area contributed by atoms with Crippen molar-refractivity contribution < 1.29 is 21.5 Å². The molecule has 1 unspecified atom stereocenters. The summed E-state index contributed by atoms with van der Waals surface area (Å²) in [7, 11) is 0. The molecule has 0 saturated carbocycles. The van der Waals surface area contributed by atoms with Gasteiger partial charge in [0.1, 0.15) is 0 Å². The average molecular weight is 380 g/mol. The Morgan fingerprint density at radius 1 is 1.13 bits per heavy atom. The minimum atomic E-state index is -4.72. The number of rotatable bonds is 6. The first kappa shape index (κ1) is 17.3. The van der Waals surface area contributed by atoms with Crippen LogP contribution in [0.4, 0.5) is 11.4 Å². The van der Waals surface area contributed by atoms with Crippen LogP contribution in [0, 0.1) is 6.92 Å². The maximum atomic E-state index is 12.7. The Morgan fingerprint density at radius 3 is 2.43 bits per heavy atom. The van der Waals surface area contributed by atoms with Crippen molar-refractivity contribution in [3.8, 4) is 0 Å². The number of hydrogen-bond donors (Lipinski definition) is 3. The first-order chi connectivity index (χ1) is 10.9. The molecule has 1 atom stereocenters. The molecule has 0 radical (unpaired) electrons. The third-order valence-electron chi connectivity index (χ3n) is 2.93. The van der Waals surface area contributed by atoms with E-state index in [9.17, 15) is 8.53 Å². The van der Waals surface area contributed by atoms with Gasteiger partial charge in [0.25, 0.3) is 0 Å². The van der Waals surface area contributed by atoms with E-state index < -0.39 is 14.2 Å². The van der Waals surface area contributed by atoms with Gasteiger partial charge in [-0.1, -0.05) is 0 Å². The van der Waals surface area contributed by atoms with Crippen LogP contribution in [0.2, 0.25) is 0 Å². The third kappa shape index (κ3) is 4.71. The van der Waals surface area contributed by atoms with Crippen LogP contribution in [0.3, 0.4) is 0 Å². The van der Waals surface area contributed by atoms with Crippen molar-refractivity contribution in [1.82, 2.24) is 0 Å². The summed E-state index contributed by atoms with van der Waals surface area (Å²) in [6, 6.07) is 13.3. The number of aryl methyl sites for hydroxylation is 1. The van der Waals surface area contributed by atoms with E-state index >= 15 is 0 Å². The summed E-state index contributed by atoms with van der Waals surface area (Å²) in [5.41, 5.74) is 4.56. The number of carbonyl (C=O) groups is 1. The van der Waals surface area contributed by atoms with Crippen LogP contribution in [0.5, 0.6) is 0 Å². The van der Waals surface area contributed by atoms with Crippen LogP contribution < -0.4 is 15.1 Å². The van der Waals surface area contributed by atoms with Crippen LogP contribution in [-0.2, 0) is 16.2 Å². The maximum absolute atomic E-state index is 12.7. The Balaban J connectivity index is 2.17. The molecule has 3 N–H and O–H groups in total. The van der Waals surface area contributed by atoms with Crippen LogP contribution in [0.1, 0.15) is 12.5 Å². The summed E-state index contributed by atoms with van der Waals surface area (Å²) in [5.74, 6) is -0.270. The molecular weight excluding hydrogens is 363 g/mol. The second-order valence-electron chi connectivity index (χ2n) is 4.87. The number of anilines is 2. The van der Waals surface area contributed by atoms with Gasteiger partial charge in [0, 0.05) is 0 Å². The molecule has 0 aliphatic rings. The number of amides is 1. The summed E-state index contributed by atoms with van der Waals surface area (Å²) in [6.45, 7) is 3.29. The molecule has 2 rings (SSSR count). The van der Waals surface area contributed by atoms with Crippen LogP contribution in [0.25, 0.3) is 0 Å². The summed E-state index contributed by atoms with van der Waals surface area (Å²) >= 11 is -4.72. The Hall–Kier alpha value is -2.05. The number of benzene rings is 2. The van der Waals surface area contributed by atoms with Crippen molar-refractivity contribution in [3.05, 3.63) is 54.1 Å². The topological polar surface area (TPSA) is 96.9 Å². The summed E-state index contributed by atoms with van der Waals surface area (Å²) in [5, 5.41) is 11.6. The van der Waals surface area contributed by atoms with Gasteiger partial charge in [0.2, 0.25) is 0 Å². The molecule has 8 heteroatoms. The molecule has 0 heterocycles. The predicted octanol–water partition coefficient (Wildman–Crippen LogP) is 2.06.